The first-order valence-electron chi connectivity index (χ1n) is 9.44. The molecule has 2 aliphatic heterocycles. The van der Waals surface area contributed by atoms with Crippen LogP contribution in [0.4, 0.5) is 0 Å². The summed E-state index contributed by atoms with van der Waals surface area (Å²) in [4.78, 5) is 0. The highest BCUT2D eigenvalue weighted by Crippen LogP contribution is 2.36. The summed E-state index contributed by atoms with van der Waals surface area (Å²) in [5, 5.41) is 16.3. The second-order valence-corrected chi connectivity index (χ2v) is 8.01. The van der Waals surface area contributed by atoms with Gasteiger partial charge in [0.25, 0.3) is 0 Å². The van der Waals surface area contributed by atoms with E-state index in [0.717, 1.165) is 38.4 Å². The Morgan fingerprint density at radius 3 is 2.59 bits per heavy atom. The van der Waals surface area contributed by atoms with Crippen LogP contribution in [0, 0.1) is 0 Å². The maximum Gasteiger partial charge on any atom is 0.231 e. The van der Waals surface area contributed by atoms with Gasteiger partial charge in [-0.25, -0.2) is 0 Å². The number of nitrogens with two attached hydrogens (primary N) is 1. The summed E-state index contributed by atoms with van der Waals surface area (Å²) in [5.41, 5.74) is 4.05. The maximum absolute atomic E-state index is 10.4. The van der Waals surface area contributed by atoms with Gasteiger partial charge in [0.15, 0.2) is 17.7 Å². The number of ether oxygens (including phenoxy) is 2. The number of rotatable bonds is 3. The molecular formula is C23H20BrN2O3+. The number of phenolic OH excluding ortho intramolecular Hbond substituents is 1. The van der Waals surface area contributed by atoms with E-state index >= 15 is 0 Å². The Morgan fingerprint density at radius 1 is 0.966 bits per heavy atom. The molecule has 0 amide bonds. The highest BCUT2D eigenvalue weighted by molar-refractivity contribution is 9.10. The zero-order valence-corrected chi connectivity index (χ0v) is 17.1. The Morgan fingerprint density at radius 2 is 1.76 bits per heavy atom. The number of nitrogens with one attached hydrogen (secondary N) is 1. The third-order valence-electron chi connectivity index (χ3n) is 5.27. The van der Waals surface area contributed by atoms with Gasteiger partial charge in [-0.3, -0.25) is 0 Å². The molecule has 0 bridgehead atoms. The lowest BCUT2D eigenvalue weighted by Gasteiger charge is -2.30. The SMILES string of the molecule is Oc1ccccc1C1C=C(c2ccc3c(c2)OCO3)NC(c2ccc(Br)cc2)[NH2+]1. The molecule has 5 rings (SSSR count). The van der Waals surface area contributed by atoms with Crippen molar-refractivity contribution in [1.29, 1.82) is 0 Å². The van der Waals surface area contributed by atoms with Crippen LogP contribution in [0.5, 0.6) is 17.2 Å². The van der Waals surface area contributed by atoms with Gasteiger partial charge in [-0.2, -0.15) is 0 Å². The van der Waals surface area contributed by atoms with Crippen LogP contribution in [0.2, 0.25) is 0 Å². The van der Waals surface area contributed by atoms with Crippen LogP contribution in [0.1, 0.15) is 28.9 Å². The zero-order valence-electron chi connectivity index (χ0n) is 15.5. The van der Waals surface area contributed by atoms with Gasteiger partial charge in [-0.15, -0.1) is 0 Å². The molecule has 3 aromatic rings. The maximum atomic E-state index is 10.4. The van der Waals surface area contributed by atoms with E-state index in [9.17, 15) is 5.11 Å². The lowest BCUT2D eigenvalue weighted by Crippen LogP contribution is -2.89. The first kappa shape index (κ1) is 18.1. The molecule has 0 aromatic heterocycles. The Labute approximate surface area is 177 Å². The third-order valence-corrected chi connectivity index (χ3v) is 5.79. The van der Waals surface area contributed by atoms with E-state index in [-0.39, 0.29) is 19.0 Å². The molecule has 146 valence electrons. The second-order valence-electron chi connectivity index (χ2n) is 7.10. The standard InChI is InChI=1S/C23H19BrN2O3/c24-16-8-5-14(6-9-16)23-25-18(15-7-10-21-22(11-15)29-13-28-21)12-19(26-23)17-3-1-2-4-20(17)27/h1-12,19,23,25-27H,13H2/p+1. The summed E-state index contributed by atoms with van der Waals surface area (Å²) in [5.74, 6) is 1.81. The van der Waals surface area contributed by atoms with Crippen LogP contribution in [0.15, 0.2) is 77.3 Å². The van der Waals surface area contributed by atoms with Gasteiger partial charge in [0, 0.05) is 27.4 Å². The quantitative estimate of drug-likeness (QED) is 0.565. The highest BCUT2D eigenvalue weighted by atomic mass is 79.9. The van der Waals surface area contributed by atoms with Gasteiger partial charge in [0.1, 0.15) is 11.8 Å². The highest BCUT2D eigenvalue weighted by Gasteiger charge is 2.29. The monoisotopic (exact) mass is 451 g/mol. The average Bonchev–Trinajstić information content (AvgIpc) is 3.22. The summed E-state index contributed by atoms with van der Waals surface area (Å²) < 4.78 is 12.0. The molecular weight excluding hydrogens is 432 g/mol. The van der Waals surface area contributed by atoms with Crippen molar-refractivity contribution in [2.75, 3.05) is 6.79 Å². The van der Waals surface area contributed by atoms with E-state index in [1.54, 1.807) is 6.07 Å². The first-order chi connectivity index (χ1) is 14.2. The largest absolute Gasteiger partial charge is 0.507 e. The molecule has 5 nitrogen and oxygen atoms in total. The summed E-state index contributed by atoms with van der Waals surface area (Å²) in [6.07, 6.45) is 2.14. The minimum absolute atomic E-state index is 0.00173. The summed E-state index contributed by atoms with van der Waals surface area (Å²) in [6, 6.07) is 21.7. The Hall–Kier alpha value is -2.96. The fourth-order valence-electron chi connectivity index (χ4n) is 3.78. The van der Waals surface area contributed by atoms with Gasteiger partial charge in [0.05, 0.1) is 5.56 Å². The van der Waals surface area contributed by atoms with E-state index < -0.39 is 0 Å². The van der Waals surface area contributed by atoms with Crippen molar-refractivity contribution in [3.8, 4) is 17.2 Å². The molecule has 0 fully saturated rings. The van der Waals surface area contributed by atoms with E-state index in [1.807, 2.05) is 48.5 Å². The lowest BCUT2D eigenvalue weighted by atomic mass is 9.97. The average molecular weight is 452 g/mol. The van der Waals surface area contributed by atoms with E-state index in [0.29, 0.717) is 5.75 Å². The molecule has 3 aromatic carbocycles. The van der Waals surface area contributed by atoms with Gasteiger partial charge in [0.2, 0.25) is 6.79 Å². The number of hydrogen-bond donors (Lipinski definition) is 3. The van der Waals surface area contributed by atoms with Gasteiger partial charge in [-0.05, 0) is 54.6 Å². The number of halogens is 1. The number of aromatic hydroxyl groups is 1. The molecule has 29 heavy (non-hydrogen) atoms. The van der Waals surface area contributed by atoms with Crippen molar-refractivity contribution in [3.63, 3.8) is 0 Å². The molecule has 0 saturated carbocycles. The van der Waals surface area contributed by atoms with E-state index in [1.165, 1.54) is 0 Å². The van der Waals surface area contributed by atoms with E-state index in [2.05, 4.69) is 44.8 Å². The Kier molecular flexibility index (Phi) is 4.66. The predicted molar refractivity (Wildman–Crippen MR) is 113 cm³/mol. The summed E-state index contributed by atoms with van der Waals surface area (Å²) in [6.45, 7) is 0.251. The second kappa shape index (κ2) is 7.46. The minimum Gasteiger partial charge on any atom is -0.507 e. The predicted octanol–water partition coefficient (Wildman–Crippen LogP) is 3.83. The Bertz CT molecular complexity index is 1080. The minimum atomic E-state index is -0.0356. The molecule has 0 aliphatic carbocycles. The van der Waals surface area contributed by atoms with Crippen molar-refractivity contribution < 1.29 is 19.9 Å². The molecule has 4 N–H and O–H groups in total. The molecule has 2 atom stereocenters. The van der Waals surface area contributed by atoms with Gasteiger partial charge in [-0.1, -0.05) is 28.1 Å². The third kappa shape index (κ3) is 3.57. The van der Waals surface area contributed by atoms with Crippen molar-refractivity contribution >= 4 is 21.6 Å². The topological polar surface area (TPSA) is 67.3 Å². The van der Waals surface area contributed by atoms with Crippen LogP contribution in [-0.4, -0.2) is 11.9 Å². The zero-order chi connectivity index (χ0) is 19.8. The van der Waals surface area contributed by atoms with E-state index in [4.69, 9.17) is 9.47 Å². The summed E-state index contributed by atoms with van der Waals surface area (Å²) in [7, 11) is 0. The van der Waals surface area contributed by atoms with Gasteiger partial charge >= 0.3 is 0 Å². The van der Waals surface area contributed by atoms with Crippen LogP contribution >= 0.6 is 15.9 Å². The lowest BCUT2D eigenvalue weighted by molar-refractivity contribution is -0.731. The molecule has 2 heterocycles. The van der Waals surface area contributed by atoms with Crippen molar-refractivity contribution in [2.24, 2.45) is 0 Å². The molecule has 2 aliphatic rings. The number of fused-ring (bicyclic) bond motifs is 1. The van der Waals surface area contributed by atoms with Crippen LogP contribution in [0.3, 0.4) is 0 Å². The molecule has 0 spiro atoms. The van der Waals surface area contributed by atoms with Crippen molar-refractivity contribution in [3.05, 3.63) is 94.0 Å². The Balaban J connectivity index is 1.56. The number of benzene rings is 3. The molecule has 2 unspecified atom stereocenters. The summed E-state index contributed by atoms with van der Waals surface area (Å²) >= 11 is 3.50. The number of para-hydroxylation sites is 1. The van der Waals surface area contributed by atoms with Crippen molar-refractivity contribution in [2.45, 2.75) is 12.2 Å². The fraction of sp³-hybridized carbons (Fsp3) is 0.130. The smallest absolute Gasteiger partial charge is 0.231 e. The van der Waals surface area contributed by atoms with Gasteiger partial charge < -0.3 is 25.2 Å². The van der Waals surface area contributed by atoms with Crippen LogP contribution in [-0.2, 0) is 0 Å². The van der Waals surface area contributed by atoms with Crippen molar-refractivity contribution in [1.82, 2.24) is 5.32 Å². The normalized spacial score (nSPS) is 20.1. The fourth-order valence-corrected chi connectivity index (χ4v) is 4.04. The number of hydrogen-bond acceptors (Lipinski definition) is 4. The first-order valence-corrected chi connectivity index (χ1v) is 10.2. The number of phenols is 1. The number of quaternary nitrogens is 1. The van der Waals surface area contributed by atoms with Crippen LogP contribution in [0.25, 0.3) is 5.70 Å². The molecule has 0 saturated heterocycles. The molecule has 0 radical (unpaired) electrons. The van der Waals surface area contributed by atoms with Crippen LogP contribution < -0.4 is 20.1 Å². The molecule has 6 heteroatoms.